The van der Waals surface area contributed by atoms with Gasteiger partial charge in [0, 0.05) is 44.9 Å². The van der Waals surface area contributed by atoms with E-state index in [1.807, 2.05) is 88.3 Å². The monoisotopic (exact) mass is 544 g/mol. The van der Waals surface area contributed by atoms with Crippen LogP contribution in [0, 0.1) is 0 Å². The Morgan fingerprint density at radius 3 is 2.54 bits per heavy atom. The first-order chi connectivity index (χ1) is 18.8. The second kappa shape index (κ2) is 10.6. The summed E-state index contributed by atoms with van der Waals surface area (Å²) < 4.78 is 13.9. The van der Waals surface area contributed by atoms with E-state index in [1.54, 1.807) is 22.7 Å². The molecular formula is C30H32N4O4S. The van der Waals surface area contributed by atoms with Crippen molar-refractivity contribution in [2.24, 2.45) is 4.99 Å². The SMILES string of the molecule is CCN(CC)C(=O)C1=C(C)N=c2s/c(=C/c3ccc(N(C)C)o3)c(=O)n2[C@H]1c1c(OC)ccc2ccccc12. The molecule has 1 aliphatic heterocycles. The van der Waals surface area contributed by atoms with E-state index < -0.39 is 6.04 Å². The number of likely N-dealkylation sites (N-methyl/N-ethyl adjacent to an activating group) is 1. The number of hydrogen-bond donors (Lipinski definition) is 0. The maximum absolute atomic E-state index is 14.1. The maximum Gasteiger partial charge on any atom is 0.271 e. The van der Waals surface area contributed by atoms with Crippen molar-refractivity contribution >= 4 is 40.0 Å². The van der Waals surface area contributed by atoms with E-state index in [1.165, 1.54) is 11.3 Å². The van der Waals surface area contributed by atoms with Crippen LogP contribution in [0.3, 0.4) is 0 Å². The minimum atomic E-state index is -0.716. The number of furan rings is 1. The number of anilines is 1. The molecule has 0 saturated carbocycles. The van der Waals surface area contributed by atoms with Crippen LogP contribution in [0.4, 0.5) is 5.88 Å². The molecule has 8 nitrogen and oxygen atoms in total. The number of carbonyl (C=O) groups excluding carboxylic acids is 1. The summed E-state index contributed by atoms with van der Waals surface area (Å²) in [5.74, 6) is 1.72. The number of aromatic nitrogens is 1. The van der Waals surface area contributed by atoms with Crippen molar-refractivity contribution in [1.82, 2.24) is 9.47 Å². The summed E-state index contributed by atoms with van der Waals surface area (Å²) in [6.07, 6.45) is 1.74. The molecule has 0 unspecified atom stereocenters. The fourth-order valence-corrected chi connectivity index (χ4v) is 6.10. The topological polar surface area (TPSA) is 80.3 Å². The van der Waals surface area contributed by atoms with Gasteiger partial charge in [-0.3, -0.25) is 14.2 Å². The van der Waals surface area contributed by atoms with Crippen molar-refractivity contribution in [1.29, 1.82) is 0 Å². The highest BCUT2D eigenvalue weighted by Gasteiger charge is 2.36. The maximum atomic E-state index is 14.1. The Bertz CT molecular complexity index is 1770. The molecule has 1 atom stereocenters. The highest BCUT2D eigenvalue weighted by molar-refractivity contribution is 7.07. The number of allylic oxidation sites excluding steroid dienone is 1. The van der Waals surface area contributed by atoms with Gasteiger partial charge >= 0.3 is 0 Å². The molecule has 2 aromatic carbocycles. The third kappa shape index (κ3) is 4.57. The van der Waals surface area contributed by atoms with Gasteiger partial charge in [0.2, 0.25) is 0 Å². The summed E-state index contributed by atoms with van der Waals surface area (Å²) in [5, 5.41) is 1.91. The summed E-state index contributed by atoms with van der Waals surface area (Å²) in [7, 11) is 5.40. The summed E-state index contributed by atoms with van der Waals surface area (Å²) in [4.78, 5) is 37.0. The zero-order chi connectivity index (χ0) is 27.8. The number of fused-ring (bicyclic) bond motifs is 2. The molecule has 0 N–H and O–H groups in total. The number of hydrogen-bond acceptors (Lipinski definition) is 7. The Kier molecular flexibility index (Phi) is 7.18. The number of ether oxygens (including phenoxy) is 1. The lowest BCUT2D eigenvalue weighted by atomic mass is 9.90. The molecule has 5 rings (SSSR count). The predicted molar refractivity (Wildman–Crippen MR) is 155 cm³/mol. The number of benzene rings is 2. The average molecular weight is 545 g/mol. The van der Waals surface area contributed by atoms with Gasteiger partial charge in [0.25, 0.3) is 11.5 Å². The van der Waals surface area contributed by atoms with Crippen molar-refractivity contribution in [3.05, 3.63) is 90.8 Å². The molecule has 4 aromatic rings. The molecule has 1 aliphatic rings. The summed E-state index contributed by atoms with van der Waals surface area (Å²) in [6, 6.07) is 14.8. The van der Waals surface area contributed by atoms with E-state index in [4.69, 9.17) is 14.1 Å². The average Bonchev–Trinajstić information content (AvgIpc) is 3.52. The molecule has 3 heterocycles. The molecule has 1 amide bonds. The number of thiazole rings is 1. The zero-order valence-corrected chi connectivity index (χ0v) is 23.8. The van der Waals surface area contributed by atoms with Gasteiger partial charge in [-0.05, 0) is 43.7 Å². The second-order valence-electron chi connectivity index (χ2n) is 9.53. The molecular weight excluding hydrogens is 512 g/mol. The molecule has 0 spiro atoms. The Labute approximate surface area is 230 Å². The Morgan fingerprint density at radius 2 is 1.87 bits per heavy atom. The first-order valence-corrected chi connectivity index (χ1v) is 13.7. The van der Waals surface area contributed by atoms with Crippen molar-refractivity contribution in [3.8, 4) is 5.75 Å². The molecule has 9 heteroatoms. The standard InChI is InChI=1S/C30H32N4O4S/c1-7-33(8-2)29(36)25-18(3)31-30-34(28(35)23(39-30)17-20-14-16-24(38-20)32(4)5)27(25)26-21-12-10-9-11-19(21)13-15-22(26)37-6/h9-17,27H,7-8H2,1-6H3/b23-17+/t27-/m1/s1. The first kappa shape index (κ1) is 26.5. The van der Waals surface area contributed by atoms with Gasteiger partial charge in [0.15, 0.2) is 10.7 Å². The zero-order valence-electron chi connectivity index (χ0n) is 23.0. The van der Waals surface area contributed by atoms with Crippen molar-refractivity contribution in [3.63, 3.8) is 0 Å². The van der Waals surface area contributed by atoms with E-state index in [0.29, 0.717) is 51.1 Å². The molecule has 39 heavy (non-hydrogen) atoms. The van der Waals surface area contributed by atoms with Crippen LogP contribution in [-0.2, 0) is 4.79 Å². The van der Waals surface area contributed by atoms with E-state index >= 15 is 0 Å². The smallest absolute Gasteiger partial charge is 0.271 e. The normalized spacial score (nSPS) is 15.3. The van der Waals surface area contributed by atoms with Crippen LogP contribution < -0.4 is 24.5 Å². The van der Waals surface area contributed by atoms with Gasteiger partial charge in [-0.25, -0.2) is 4.99 Å². The van der Waals surface area contributed by atoms with E-state index in [0.717, 1.165) is 16.3 Å². The van der Waals surface area contributed by atoms with Gasteiger partial charge in [0.1, 0.15) is 17.6 Å². The van der Waals surface area contributed by atoms with Gasteiger partial charge in [-0.15, -0.1) is 0 Å². The van der Waals surface area contributed by atoms with Gasteiger partial charge in [-0.1, -0.05) is 41.7 Å². The Hall–Kier alpha value is -4.11. The lowest BCUT2D eigenvalue weighted by molar-refractivity contribution is -0.127. The van der Waals surface area contributed by atoms with E-state index in [2.05, 4.69) is 0 Å². The molecule has 2 aromatic heterocycles. The fraction of sp³-hybridized carbons (Fsp3) is 0.300. The molecule has 0 saturated heterocycles. The fourth-order valence-electron chi connectivity index (χ4n) is 5.07. The molecule has 0 bridgehead atoms. The van der Waals surface area contributed by atoms with Gasteiger partial charge in [0.05, 0.1) is 22.9 Å². The van der Waals surface area contributed by atoms with Gasteiger partial charge < -0.3 is 19.0 Å². The Morgan fingerprint density at radius 1 is 1.13 bits per heavy atom. The van der Waals surface area contributed by atoms with Crippen molar-refractivity contribution < 1.29 is 13.9 Å². The van der Waals surface area contributed by atoms with Crippen molar-refractivity contribution in [2.45, 2.75) is 26.8 Å². The number of carbonyl (C=O) groups is 1. The number of methoxy groups -OCH3 is 1. The van der Waals surface area contributed by atoms with E-state index in [-0.39, 0.29) is 11.5 Å². The first-order valence-electron chi connectivity index (χ1n) is 12.9. The molecule has 0 fully saturated rings. The van der Waals surface area contributed by atoms with Crippen LogP contribution in [-0.4, -0.2) is 49.7 Å². The highest BCUT2D eigenvalue weighted by Crippen LogP contribution is 2.40. The lowest BCUT2D eigenvalue weighted by Gasteiger charge is -2.30. The second-order valence-corrected chi connectivity index (χ2v) is 10.5. The van der Waals surface area contributed by atoms with E-state index in [9.17, 15) is 9.59 Å². The van der Waals surface area contributed by atoms with Crippen molar-refractivity contribution in [2.75, 3.05) is 39.2 Å². The number of nitrogens with zero attached hydrogens (tertiary/aromatic N) is 4. The van der Waals surface area contributed by atoms with Crippen LogP contribution in [0.1, 0.15) is 38.1 Å². The summed E-state index contributed by atoms with van der Waals surface area (Å²) >= 11 is 1.28. The van der Waals surface area contributed by atoms with Crippen LogP contribution >= 0.6 is 11.3 Å². The number of rotatable bonds is 7. The van der Waals surface area contributed by atoms with Gasteiger partial charge in [-0.2, -0.15) is 0 Å². The minimum Gasteiger partial charge on any atom is -0.496 e. The Balaban J connectivity index is 1.83. The summed E-state index contributed by atoms with van der Waals surface area (Å²) in [6.45, 7) is 6.83. The third-order valence-corrected chi connectivity index (χ3v) is 8.04. The van der Waals surface area contributed by atoms with Crippen LogP contribution in [0.2, 0.25) is 0 Å². The predicted octanol–water partition coefficient (Wildman–Crippen LogP) is 3.92. The molecule has 0 aliphatic carbocycles. The lowest BCUT2D eigenvalue weighted by Crippen LogP contribution is -2.43. The van der Waals surface area contributed by atoms with Crippen LogP contribution in [0.25, 0.3) is 16.8 Å². The number of amides is 1. The largest absolute Gasteiger partial charge is 0.496 e. The third-order valence-electron chi connectivity index (χ3n) is 7.05. The minimum absolute atomic E-state index is 0.142. The highest BCUT2D eigenvalue weighted by atomic mass is 32.1. The quantitative estimate of drug-likeness (QED) is 0.352. The molecule has 0 radical (unpaired) electrons. The van der Waals surface area contributed by atoms with Crippen LogP contribution in [0.5, 0.6) is 5.75 Å². The summed E-state index contributed by atoms with van der Waals surface area (Å²) in [5.41, 5.74) is 1.59. The van der Waals surface area contributed by atoms with Crippen LogP contribution in [0.15, 0.2) is 74.0 Å². The molecule has 202 valence electrons.